The number of benzene rings is 1. The van der Waals surface area contributed by atoms with E-state index in [9.17, 15) is 9.59 Å². The lowest BCUT2D eigenvalue weighted by Gasteiger charge is -2.46. The van der Waals surface area contributed by atoms with Crippen molar-refractivity contribution in [2.24, 2.45) is 5.92 Å². The van der Waals surface area contributed by atoms with Gasteiger partial charge in [-0.3, -0.25) is 9.59 Å². The Bertz CT molecular complexity index is 922. The Kier molecular flexibility index (Phi) is 6.27. The Morgan fingerprint density at radius 1 is 1.19 bits per heavy atom. The van der Waals surface area contributed by atoms with Gasteiger partial charge in [0.05, 0.1) is 18.1 Å². The van der Waals surface area contributed by atoms with Crippen LogP contribution in [0, 0.1) is 5.92 Å². The van der Waals surface area contributed by atoms with Crippen LogP contribution in [-0.2, 0) is 19.1 Å². The topological polar surface area (TPSA) is 59.1 Å². The van der Waals surface area contributed by atoms with E-state index in [4.69, 9.17) is 21.1 Å². The number of ether oxygens (including phenoxy) is 2. The van der Waals surface area contributed by atoms with Crippen molar-refractivity contribution in [2.75, 3.05) is 33.4 Å². The summed E-state index contributed by atoms with van der Waals surface area (Å²) in [4.78, 5) is 30.9. The zero-order valence-electron chi connectivity index (χ0n) is 18.3. The van der Waals surface area contributed by atoms with Crippen LogP contribution in [0.15, 0.2) is 29.2 Å². The van der Waals surface area contributed by atoms with Crippen LogP contribution in [-0.4, -0.2) is 72.0 Å². The molecule has 8 heteroatoms. The van der Waals surface area contributed by atoms with Gasteiger partial charge in [0, 0.05) is 55.2 Å². The Morgan fingerprint density at radius 3 is 2.62 bits per heavy atom. The first-order chi connectivity index (χ1) is 15.5. The number of nitrogens with zero attached hydrogens (tertiary/aromatic N) is 2. The van der Waals surface area contributed by atoms with Gasteiger partial charge >= 0.3 is 0 Å². The number of hydrogen-bond acceptors (Lipinski definition) is 5. The molecule has 3 atom stereocenters. The highest BCUT2D eigenvalue weighted by atomic mass is 35.5. The first kappa shape index (κ1) is 22.3. The molecule has 4 fully saturated rings. The molecule has 0 N–H and O–H groups in total. The molecule has 0 radical (unpaired) electrons. The highest BCUT2D eigenvalue weighted by Crippen LogP contribution is 2.44. The molecular weight excluding hydrogens is 448 g/mol. The Labute approximate surface area is 198 Å². The third-order valence-electron chi connectivity index (χ3n) is 7.25. The van der Waals surface area contributed by atoms with Gasteiger partial charge in [-0.05, 0) is 37.0 Å². The zero-order valence-corrected chi connectivity index (χ0v) is 19.9. The summed E-state index contributed by atoms with van der Waals surface area (Å²) in [6.45, 7) is 2.64. The number of piperidine rings is 1. The molecule has 1 aromatic carbocycles. The number of hydrogen-bond donors (Lipinski definition) is 0. The molecule has 172 valence electrons. The van der Waals surface area contributed by atoms with Gasteiger partial charge in [0.25, 0.3) is 5.91 Å². The first-order valence-electron chi connectivity index (χ1n) is 11.4. The molecule has 1 saturated carbocycles. The Morgan fingerprint density at radius 2 is 1.91 bits per heavy atom. The van der Waals surface area contributed by atoms with Crippen LogP contribution in [0.1, 0.15) is 37.7 Å². The largest absolute Gasteiger partial charge is 0.347 e. The molecule has 4 aliphatic rings. The molecule has 2 amide bonds. The van der Waals surface area contributed by atoms with E-state index in [1.54, 1.807) is 11.8 Å². The number of amides is 2. The standard InChI is InChI=1S/C24H29ClN2O4S/c1-26-19-14-17(22(28)27-10-8-24(9-11-27)30-12-13-31-24)6-7-20(19)32-21(23(26)29)15-16-4-2-3-5-18(16)25/h2-5,15,17,19-20H,6-14H2,1H3/b21-15-. The van der Waals surface area contributed by atoms with E-state index < -0.39 is 5.79 Å². The molecule has 5 rings (SSSR count). The van der Waals surface area contributed by atoms with Gasteiger partial charge in [-0.2, -0.15) is 0 Å². The number of halogens is 1. The summed E-state index contributed by atoms with van der Waals surface area (Å²) in [5, 5.41) is 0.949. The molecule has 3 heterocycles. The van der Waals surface area contributed by atoms with Crippen molar-refractivity contribution < 1.29 is 19.1 Å². The van der Waals surface area contributed by atoms with Crippen molar-refractivity contribution in [1.82, 2.24) is 9.80 Å². The van der Waals surface area contributed by atoms with Crippen LogP contribution < -0.4 is 0 Å². The van der Waals surface area contributed by atoms with Crippen LogP contribution >= 0.6 is 23.4 Å². The second kappa shape index (κ2) is 9.01. The lowest BCUT2D eigenvalue weighted by atomic mass is 9.83. The van der Waals surface area contributed by atoms with Gasteiger partial charge < -0.3 is 19.3 Å². The minimum atomic E-state index is -0.467. The summed E-state index contributed by atoms with van der Waals surface area (Å²) in [6, 6.07) is 7.65. The molecule has 3 aliphatic heterocycles. The van der Waals surface area contributed by atoms with Crippen molar-refractivity contribution in [3.05, 3.63) is 39.8 Å². The predicted molar refractivity (Wildman–Crippen MR) is 125 cm³/mol. The summed E-state index contributed by atoms with van der Waals surface area (Å²) in [5.41, 5.74) is 0.860. The zero-order chi connectivity index (χ0) is 22.3. The predicted octanol–water partition coefficient (Wildman–Crippen LogP) is 3.79. The smallest absolute Gasteiger partial charge is 0.260 e. The summed E-state index contributed by atoms with van der Waals surface area (Å²) >= 11 is 7.94. The number of carbonyl (C=O) groups excluding carboxylic acids is 2. The van der Waals surface area contributed by atoms with Gasteiger partial charge in [0.2, 0.25) is 5.91 Å². The number of likely N-dealkylation sites (tertiary alicyclic amines) is 1. The molecular formula is C24H29ClN2O4S. The number of carbonyl (C=O) groups is 2. The van der Waals surface area contributed by atoms with Gasteiger partial charge in [-0.1, -0.05) is 29.8 Å². The van der Waals surface area contributed by atoms with Crippen molar-refractivity contribution in [3.8, 4) is 0 Å². The second-order valence-electron chi connectivity index (χ2n) is 9.11. The van der Waals surface area contributed by atoms with Gasteiger partial charge in [0.15, 0.2) is 5.79 Å². The Balaban J connectivity index is 1.23. The fourth-order valence-corrected chi connectivity index (χ4v) is 7.03. The molecule has 3 unspecified atom stereocenters. The molecule has 3 saturated heterocycles. The van der Waals surface area contributed by atoms with E-state index in [1.807, 2.05) is 47.2 Å². The highest BCUT2D eigenvalue weighted by molar-refractivity contribution is 8.04. The van der Waals surface area contributed by atoms with Crippen LogP contribution in [0.5, 0.6) is 0 Å². The SMILES string of the molecule is CN1C(=O)/C(=C/c2ccccc2Cl)SC2CCC(C(=O)N3CCC4(CC3)OCCO4)CC21. The Hall–Kier alpha value is -1.54. The summed E-state index contributed by atoms with van der Waals surface area (Å²) in [5.74, 6) is -0.259. The lowest BCUT2D eigenvalue weighted by Crippen LogP contribution is -2.54. The van der Waals surface area contributed by atoms with Crippen molar-refractivity contribution in [2.45, 2.75) is 49.2 Å². The van der Waals surface area contributed by atoms with E-state index in [0.29, 0.717) is 36.6 Å². The first-order valence-corrected chi connectivity index (χ1v) is 12.7. The maximum atomic E-state index is 13.3. The van der Waals surface area contributed by atoms with Crippen molar-refractivity contribution in [3.63, 3.8) is 0 Å². The molecule has 1 aromatic rings. The maximum absolute atomic E-state index is 13.3. The third kappa shape index (κ3) is 4.20. The van der Waals surface area contributed by atoms with Crippen LogP contribution in [0.2, 0.25) is 5.02 Å². The van der Waals surface area contributed by atoms with E-state index in [0.717, 1.165) is 42.6 Å². The van der Waals surface area contributed by atoms with E-state index in [1.165, 1.54) is 0 Å². The summed E-state index contributed by atoms with van der Waals surface area (Å²) < 4.78 is 11.6. The molecule has 0 aromatic heterocycles. The van der Waals surface area contributed by atoms with Crippen LogP contribution in [0.3, 0.4) is 0 Å². The number of fused-ring (bicyclic) bond motifs is 1. The number of thioether (sulfide) groups is 1. The van der Waals surface area contributed by atoms with E-state index in [-0.39, 0.29) is 23.8 Å². The van der Waals surface area contributed by atoms with E-state index >= 15 is 0 Å². The van der Waals surface area contributed by atoms with E-state index in [2.05, 4.69) is 0 Å². The average Bonchev–Trinajstić information content (AvgIpc) is 3.26. The quantitative estimate of drug-likeness (QED) is 0.608. The third-order valence-corrected chi connectivity index (χ3v) is 9.00. The average molecular weight is 477 g/mol. The summed E-state index contributed by atoms with van der Waals surface area (Å²) in [7, 11) is 1.87. The minimum Gasteiger partial charge on any atom is -0.347 e. The van der Waals surface area contributed by atoms with Crippen molar-refractivity contribution >= 4 is 41.3 Å². The van der Waals surface area contributed by atoms with Gasteiger partial charge in [-0.15, -0.1) is 11.8 Å². The molecule has 32 heavy (non-hydrogen) atoms. The minimum absolute atomic E-state index is 0.0136. The maximum Gasteiger partial charge on any atom is 0.260 e. The molecule has 1 aliphatic carbocycles. The van der Waals surface area contributed by atoms with Crippen LogP contribution in [0.25, 0.3) is 6.08 Å². The number of rotatable bonds is 2. The highest BCUT2D eigenvalue weighted by Gasteiger charge is 2.45. The normalized spacial score (nSPS) is 31.2. The molecule has 0 bridgehead atoms. The van der Waals surface area contributed by atoms with Gasteiger partial charge in [0.1, 0.15) is 0 Å². The monoisotopic (exact) mass is 476 g/mol. The van der Waals surface area contributed by atoms with Crippen molar-refractivity contribution in [1.29, 1.82) is 0 Å². The fourth-order valence-electron chi connectivity index (χ4n) is 5.37. The molecule has 1 spiro atoms. The number of likely N-dealkylation sites (N-methyl/N-ethyl adjacent to an activating group) is 1. The summed E-state index contributed by atoms with van der Waals surface area (Å²) in [6.07, 6.45) is 5.89. The second-order valence-corrected chi connectivity index (χ2v) is 10.8. The lowest BCUT2D eigenvalue weighted by molar-refractivity contribution is -0.188. The van der Waals surface area contributed by atoms with Gasteiger partial charge in [-0.25, -0.2) is 0 Å². The van der Waals surface area contributed by atoms with Crippen LogP contribution in [0.4, 0.5) is 0 Å². The fraction of sp³-hybridized carbons (Fsp3) is 0.583. The molecule has 6 nitrogen and oxygen atoms in total.